The van der Waals surface area contributed by atoms with Gasteiger partial charge in [-0.25, -0.2) is 4.79 Å². The highest BCUT2D eigenvalue weighted by atomic mass is 16.5. The first-order valence-electron chi connectivity index (χ1n) is 9.25. The summed E-state index contributed by atoms with van der Waals surface area (Å²) in [5.74, 6) is 1.33. The van der Waals surface area contributed by atoms with Crippen LogP contribution in [0.25, 0.3) is 0 Å². The predicted octanol–water partition coefficient (Wildman–Crippen LogP) is 3.63. The van der Waals surface area contributed by atoms with Crippen LogP contribution in [0.2, 0.25) is 0 Å². The van der Waals surface area contributed by atoms with Gasteiger partial charge in [0.05, 0.1) is 17.8 Å². The van der Waals surface area contributed by atoms with Crippen molar-refractivity contribution < 1.29 is 14.3 Å². The highest BCUT2D eigenvalue weighted by Crippen LogP contribution is 2.29. The van der Waals surface area contributed by atoms with Crippen LogP contribution >= 0.6 is 0 Å². The third-order valence-electron chi connectivity index (χ3n) is 4.76. The highest BCUT2D eigenvalue weighted by molar-refractivity contribution is 5.91. The lowest BCUT2D eigenvalue weighted by molar-refractivity contribution is 0.0926. The van der Waals surface area contributed by atoms with Crippen LogP contribution in [0.15, 0.2) is 48.5 Å². The highest BCUT2D eigenvalue weighted by Gasteiger charge is 2.33. The molecule has 2 unspecified atom stereocenters. The van der Waals surface area contributed by atoms with Gasteiger partial charge in [-0.15, -0.1) is 0 Å². The Morgan fingerprint density at radius 3 is 2.74 bits per heavy atom. The minimum absolute atomic E-state index is 0.00510. The van der Waals surface area contributed by atoms with Crippen LogP contribution < -0.4 is 15.4 Å². The molecular formula is C21H27N3O3. The zero-order valence-electron chi connectivity index (χ0n) is 16.1. The Bertz CT molecular complexity index is 781. The van der Waals surface area contributed by atoms with Gasteiger partial charge in [0.25, 0.3) is 0 Å². The molecule has 144 valence electrons. The number of rotatable bonds is 6. The number of nitrogens with one attached hydrogen (secondary N) is 2. The quantitative estimate of drug-likeness (QED) is 0.816. The lowest BCUT2D eigenvalue weighted by Crippen LogP contribution is -2.45. The molecule has 1 aliphatic rings. The van der Waals surface area contributed by atoms with Crippen LogP contribution in [0, 0.1) is 6.92 Å². The molecule has 2 amide bonds. The van der Waals surface area contributed by atoms with Crippen LogP contribution in [-0.4, -0.2) is 49.8 Å². The van der Waals surface area contributed by atoms with Crippen molar-refractivity contribution in [3.63, 3.8) is 0 Å². The predicted molar refractivity (Wildman–Crippen MR) is 107 cm³/mol. The number of carbonyl (C=O) groups is 1. The Balaban J connectivity index is 1.66. The monoisotopic (exact) mass is 369 g/mol. The number of hydrogen-bond donors (Lipinski definition) is 2. The van der Waals surface area contributed by atoms with E-state index in [1.54, 1.807) is 7.11 Å². The number of methoxy groups -OCH3 is 1. The summed E-state index contributed by atoms with van der Waals surface area (Å²) in [6.07, 6.45) is -0.00510. The number of likely N-dealkylation sites (tertiary alicyclic amines) is 1. The molecule has 0 radical (unpaired) electrons. The molecule has 0 bridgehead atoms. The van der Waals surface area contributed by atoms with E-state index in [2.05, 4.69) is 22.5 Å². The van der Waals surface area contributed by atoms with Gasteiger partial charge in [-0.3, -0.25) is 4.90 Å². The van der Waals surface area contributed by atoms with E-state index in [0.717, 1.165) is 30.9 Å². The van der Waals surface area contributed by atoms with E-state index in [1.165, 1.54) is 0 Å². The van der Waals surface area contributed by atoms with Gasteiger partial charge in [-0.05, 0) is 43.3 Å². The summed E-state index contributed by atoms with van der Waals surface area (Å²) >= 11 is 0. The summed E-state index contributed by atoms with van der Waals surface area (Å²) in [5, 5.41) is 5.92. The fourth-order valence-corrected chi connectivity index (χ4v) is 3.28. The number of hydrogen-bond acceptors (Lipinski definition) is 4. The van der Waals surface area contributed by atoms with Crippen LogP contribution in [0.1, 0.15) is 12.5 Å². The number of carbonyl (C=O) groups excluding carboxylic acids is 1. The molecule has 2 aromatic carbocycles. The molecule has 1 saturated heterocycles. The number of para-hydroxylation sites is 2. The minimum Gasteiger partial charge on any atom is -0.455 e. The first-order chi connectivity index (χ1) is 13.1. The first kappa shape index (κ1) is 19.2. The van der Waals surface area contributed by atoms with Crippen LogP contribution in [-0.2, 0) is 4.74 Å². The van der Waals surface area contributed by atoms with Gasteiger partial charge in [0.2, 0.25) is 0 Å². The summed E-state index contributed by atoms with van der Waals surface area (Å²) in [4.78, 5) is 14.8. The molecule has 1 aliphatic heterocycles. The fraction of sp³-hybridized carbons (Fsp3) is 0.381. The number of ether oxygens (including phenoxy) is 2. The normalized spacial score (nSPS) is 19.7. The number of urea groups is 1. The van der Waals surface area contributed by atoms with Gasteiger partial charge in [0, 0.05) is 20.2 Å². The second-order valence-corrected chi connectivity index (χ2v) is 6.75. The van der Waals surface area contributed by atoms with E-state index in [-0.39, 0.29) is 18.2 Å². The molecule has 0 aliphatic carbocycles. The molecule has 6 nitrogen and oxygen atoms in total. The van der Waals surface area contributed by atoms with Crippen molar-refractivity contribution in [1.82, 2.24) is 10.2 Å². The van der Waals surface area contributed by atoms with E-state index in [4.69, 9.17) is 9.47 Å². The van der Waals surface area contributed by atoms with Gasteiger partial charge < -0.3 is 20.1 Å². The molecule has 2 aromatic rings. The van der Waals surface area contributed by atoms with Gasteiger partial charge >= 0.3 is 6.03 Å². The van der Waals surface area contributed by atoms with Gasteiger partial charge in [0.1, 0.15) is 5.75 Å². The average molecular weight is 369 g/mol. The van der Waals surface area contributed by atoms with Gasteiger partial charge in [-0.2, -0.15) is 0 Å². The largest absolute Gasteiger partial charge is 0.455 e. The Morgan fingerprint density at radius 2 is 2.00 bits per heavy atom. The third kappa shape index (κ3) is 4.99. The van der Waals surface area contributed by atoms with Crippen LogP contribution in [0.5, 0.6) is 11.5 Å². The van der Waals surface area contributed by atoms with E-state index in [0.29, 0.717) is 11.4 Å². The SMILES string of the molecule is CCN1CC(NC(=O)Nc2ccccc2Oc2cccc(C)c2)C(OC)C1. The summed E-state index contributed by atoms with van der Waals surface area (Å²) in [6, 6.07) is 14.9. The zero-order valence-corrected chi connectivity index (χ0v) is 16.1. The molecule has 0 spiro atoms. The summed E-state index contributed by atoms with van der Waals surface area (Å²) < 4.78 is 11.5. The minimum atomic E-state index is -0.264. The number of likely N-dealkylation sites (N-methyl/N-ethyl adjacent to an activating group) is 1. The topological polar surface area (TPSA) is 62.8 Å². The molecule has 1 fully saturated rings. The fourth-order valence-electron chi connectivity index (χ4n) is 3.28. The molecular weight excluding hydrogens is 342 g/mol. The zero-order chi connectivity index (χ0) is 19.2. The molecule has 2 atom stereocenters. The lowest BCUT2D eigenvalue weighted by Gasteiger charge is -2.19. The van der Waals surface area contributed by atoms with E-state index < -0.39 is 0 Å². The molecule has 27 heavy (non-hydrogen) atoms. The number of aryl methyl sites for hydroxylation is 1. The lowest BCUT2D eigenvalue weighted by atomic mass is 10.2. The van der Waals surface area contributed by atoms with Crippen molar-refractivity contribution in [2.24, 2.45) is 0 Å². The molecule has 2 N–H and O–H groups in total. The van der Waals surface area contributed by atoms with E-state index in [1.807, 2.05) is 55.5 Å². The summed E-state index contributed by atoms with van der Waals surface area (Å²) in [7, 11) is 1.68. The average Bonchev–Trinajstić information content (AvgIpc) is 3.05. The third-order valence-corrected chi connectivity index (χ3v) is 4.76. The maximum atomic E-state index is 12.5. The van der Waals surface area contributed by atoms with Crippen molar-refractivity contribution >= 4 is 11.7 Å². The maximum Gasteiger partial charge on any atom is 0.319 e. The number of benzene rings is 2. The molecule has 6 heteroatoms. The van der Waals surface area contributed by atoms with Crippen molar-refractivity contribution in [3.05, 3.63) is 54.1 Å². The van der Waals surface area contributed by atoms with Crippen molar-refractivity contribution in [3.8, 4) is 11.5 Å². The Labute approximate surface area is 160 Å². The first-order valence-corrected chi connectivity index (χ1v) is 9.25. The Morgan fingerprint density at radius 1 is 1.19 bits per heavy atom. The van der Waals surface area contributed by atoms with Crippen molar-refractivity contribution in [2.75, 3.05) is 32.1 Å². The van der Waals surface area contributed by atoms with Gasteiger partial charge in [-0.1, -0.05) is 31.2 Å². The molecule has 0 aromatic heterocycles. The van der Waals surface area contributed by atoms with E-state index in [9.17, 15) is 4.79 Å². The number of amides is 2. The van der Waals surface area contributed by atoms with E-state index >= 15 is 0 Å². The Hall–Kier alpha value is -2.57. The van der Waals surface area contributed by atoms with Crippen molar-refractivity contribution in [1.29, 1.82) is 0 Å². The molecule has 3 rings (SSSR count). The maximum absolute atomic E-state index is 12.5. The second kappa shape index (κ2) is 8.88. The molecule has 1 heterocycles. The number of anilines is 1. The Kier molecular flexibility index (Phi) is 6.32. The van der Waals surface area contributed by atoms with Gasteiger partial charge in [0.15, 0.2) is 5.75 Å². The van der Waals surface area contributed by atoms with Crippen LogP contribution in [0.3, 0.4) is 0 Å². The standard InChI is InChI=1S/C21H27N3O3/c1-4-24-13-18(20(14-24)26-3)23-21(25)22-17-10-5-6-11-19(17)27-16-9-7-8-15(2)12-16/h5-12,18,20H,4,13-14H2,1-3H3,(H2,22,23,25). The number of nitrogens with zero attached hydrogens (tertiary/aromatic N) is 1. The second-order valence-electron chi connectivity index (χ2n) is 6.75. The molecule has 0 saturated carbocycles. The summed E-state index contributed by atoms with van der Waals surface area (Å²) in [6.45, 7) is 6.66. The van der Waals surface area contributed by atoms with Crippen LogP contribution in [0.4, 0.5) is 10.5 Å². The summed E-state index contributed by atoms with van der Waals surface area (Å²) in [5.41, 5.74) is 1.74. The van der Waals surface area contributed by atoms with Crippen molar-refractivity contribution in [2.45, 2.75) is 26.0 Å². The smallest absolute Gasteiger partial charge is 0.319 e.